The summed E-state index contributed by atoms with van der Waals surface area (Å²) in [7, 11) is -0.516. The molecule has 1 aliphatic rings. The molecule has 1 aliphatic heterocycles. The van der Waals surface area contributed by atoms with Crippen LogP contribution in [0.5, 0.6) is 0 Å². The summed E-state index contributed by atoms with van der Waals surface area (Å²) >= 11 is 0. The van der Waals surface area contributed by atoms with Gasteiger partial charge < -0.3 is 5.32 Å². The molecular weight excluding hydrogens is 230 g/mol. The number of nitrogens with zero attached hydrogens (tertiary/aromatic N) is 1. The van der Waals surface area contributed by atoms with Gasteiger partial charge in [-0.15, -0.1) is 0 Å². The Bertz CT molecular complexity index is 375. The molecule has 0 aromatic heterocycles. The molecule has 0 bridgehead atoms. The van der Waals surface area contributed by atoms with Gasteiger partial charge >= 0.3 is 0 Å². The van der Waals surface area contributed by atoms with Crippen LogP contribution in [-0.4, -0.2) is 44.3 Å². The Morgan fingerprint density at radius 3 is 2.44 bits per heavy atom. The van der Waals surface area contributed by atoms with Crippen molar-refractivity contribution in [2.45, 2.75) is 38.3 Å². The lowest BCUT2D eigenvalue weighted by atomic mass is 9.88. The van der Waals surface area contributed by atoms with Crippen LogP contribution >= 0.6 is 0 Å². The monoisotopic (exact) mass is 249 g/mol. The van der Waals surface area contributed by atoms with Crippen molar-refractivity contribution in [3.63, 3.8) is 0 Å². The standard InChI is InChI=1S/C9H19N3O3S/c1-9(2)7(5-6-8(13)10-9)11-16(14,15)12(3)4/h7,11H,5-6H2,1-4H3,(H,10,13)/t7-/m0/s1. The fourth-order valence-corrected chi connectivity index (χ4v) is 2.62. The molecule has 16 heavy (non-hydrogen) atoms. The molecule has 7 heteroatoms. The molecule has 0 spiro atoms. The van der Waals surface area contributed by atoms with Crippen molar-refractivity contribution in [1.29, 1.82) is 0 Å². The van der Waals surface area contributed by atoms with Crippen molar-refractivity contribution in [1.82, 2.24) is 14.3 Å². The Balaban J connectivity index is 2.79. The van der Waals surface area contributed by atoms with E-state index < -0.39 is 15.7 Å². The summed E-state index contributed by atoms with van der Waals surface area (Å²) in [6.45, 7) is 3.62. The van der Waals surface area contributed by atoms with Crippen molar-refractivity contribution >= 4 is 16.1 Å². The molecule has 1 atom stereocenters. The van der Waals surface area contributed by atoms with Crippen LogP contribution in [0.25, 0.3) is 0 Å². The normalized spacial score (nSPS) is 25.6. The van der Waals surface area contributed by atoms with Gasteiger partial charge in [0.2, 0.25) is 5.91 Å². The van der Waals surface area contributed by atoms with Gasteiger partial charge in [-0.3, -0.25) is 4.79 Å². The zero-order valence-corrected chi connectivity index (χ0v) is 10.9. The van der Waals surface area contributed by atoms with Crippen LogP contribution in [0.2, 0.25) is 0 Å². The first kappa shape index (κ1) is 13.4. The Morgan fingerprint density at radius 1 is 1.44 bits per heavy atom. The lowest BCUT2D eigenvalue weighted by molar-refractivity contribution is -0.125. The second-order valence-electron chi connectivity index (χ2n) is 4.77. The summed E-state index contributed by atoms with van der Waals surface area (Å²) in [4.78, 5) is 11.2. The van der Waals surface area contributed by atoms with E-state index >= 15 is 0 Å². The van der Waals surface area contributed by atoms with Crippen molar-refractivity contribution in [3.05, 3.63) is 0 Å². The van der Waals surface area contributed by atoms with Gasteiger partial charge in [-0.1, -0.05) is 0 Å². The first-order chi connectivity index (χ1) is 7.15. The minimum absolute atomic E-state index is 0.0368. The maximum absolute atomic E-state index is 11.7. The van der Waals surface area contributed by atoms with Crippen LogP contribution in [0.3, 0.4) is 0 Å². The number of piperidine rings is 1. The van der Waals surface area contributed by atoms with E-state index in [1.165, 1.54) is 14.1 Å². The molecule has 0 saturated carbocycles. The van der Waals surface area contributed by atoms with E-state index in [2.05, 4.69) is 10.0 Å². The second kappa shape index (κ2) is 4.31. The van der Waals surface area contributed by atoms with Crippen LogP contribution < -0.4 is 10.0 Å². The van der Waals surface area contributed by atoms with Crippen LogP contribution in [0.15, 0.2) is 0 Å². The van der Waals surface area contributed by atoms with E-state index in [9.17, 15) is 13.2 Å². The number of amides is 1. The zero-order valence-electron chi connectivity index (χ0n) is 10.1. The van der Waals surface area contributed by atoms with Gasteiger partial charge in [-0.25, -0.2) is 0 Å². The Hall–Kier alpha value is -0.660. The average Bonchev–Trinajstić information content (AvgIpc) is 2.08. The molecule has 0 aliphatic carbocycles. The topological polar surface area (TPSA) is 78.5 Å². The van der Waals surface area contributed by atoms with Gasteiger partial charge in [0.1, 0.15) is 0 Å². The molecule has 0 aromatic rings. The molecule has 94 valence electrons. The third-order valence-corrected chi connectivity index (χ3v) is 4.31. The molecule has 0 aromatic carbocycles. The SMILES string of the molecule is CN(C)S(=O)(=O)N[C@H]1CCC(=O)NC1(C)C. The Labute approximate surface area is 96.6 Å². The van der Waals surface area contributed by atoms with E-state index in [0.29, 0.717) is 12.8 Å². The summed E-state index contributed by atoms with van der Waals surface area (Å²) in [5.74, 6) is -0.0368. The van der Waals surface area contributed by atoms with Crippen molar-refractivity contribution < 1.29 is 13.2 Å². The number of rotatable bonds is 3. The highest BCUT2D eigenvalue weighted by atomic mass is 32.2. The predicted molar refractivity (Wildman–Crippen MR) is 61.0 cm³/mol. The van der Waals surface area contributed by atoms with Crippen molar-refractivity contribution in [2.24, 2.45) is 0 Å². The molecular formula is C9H19N3O3S. The summed E-state index contributed by atoms with van der Waals surface area (Å²) in [6.07, 6.45) is 0.871. The molecule has 1 heterocycles. The van der Waals surface area contributed by atoms with Gasteiger partial charge in [-0.05, 0) is 20.3 Å². The average molecular weight is 249 g/mol. The van der Waals surface area contributed by atoms with Crippen LogP contribution in [0.1, 0.15) is 26.7 Å². The van der Waals surface area contributed by atoms with Crippen molar-refractivity contribution in [2.75, 3.05) is 14.1 Å². The van der Waals surface area contributed by atoms with Crippen LogP contribution in [0.4, 0.5) is 0 Å². The second-order valence-corrected chi connectivity index (χ2v) is 6.68. The van der Waals surface area contributed by atoms with E-state index in [1.54, 1.807) is 0 Å². The van der Waals surface area contributed by atoms with Gasteiger partial charge in [0.25, 0.3) is 10.2 Å². The van der Waals surface area contributed by atoms with E-state index in [1.807, 2.05) is 13.8 Å². The number of carbonyl (C=O) groups excluding carboxylic acids is 1. The third kappa shape index (κ3) is 2.93. The first-order valence-corrected chi connectivity index (χ1v) is 6.60. The lowest BCUT2D eigenvalue weighted by Crippen LogP contribution is -2.62. The Morgan fingerprint density at radius 2 is 2.00 bits per heavy atom. The van der Waals surface area contributed by atoms with Crippen LogP contribution in [0, 0.1) is 0 Å². The molecule has 1 rings (SSSR count). The first-order valence-electron chi connectivity index (χ1n) is 5.16. The third-order valence-electron chi connectivity index (χ3n) is 2.76. The Kier molecular flexibility index (Phi) is 3.61. The molecule has 0 radical (unpaired) electrons. The van der Waals surface area contributed by atoms with Crippen molar-refractivity contribution in [3.8, 4) is 0 Å². The van der Waals surface area contributed by atoms with E-state index in [4.69, 9.17) is 0 Å². The maximum atomic E-state index is 11.7. The van der Waals surface area contributed by atoms with Gasteiger partial charge in [-0.2, -0.15) is 17.4 Å². The number of nitrogens with one attached hydrogen (secondary N) is 2. The summed E-state index contributed by atoms with van der Waals surface area (Å²) in [5.41, 5.74) is -0.557. The summed E-state index contributed by atoms with van der Waals surface area (Å²) < 4.78 is 27.1. The molecule has 1 saturated heterocycles. The maximum Gasteiger partial charge on any atom is 0.279 e. The van der Waals surface area contributed by atoms with E-state index in [0.717, 1.165) is 4.31 Å². The smallest absolute Gasteiger partial charge is 0.279 e. The lowest BCUT2D eigenvalue weighted by Gasteiger charge is -2.39. The van der Waals surface area contributed by atoms with Gasteiger partial charge in [0.15, 0.2) is 0 Å². The molecule has 1 amide bonds. The minimum atomic E-state index is -3.45. The fourth-order valence-electron chi connectivity index (χ4n) is 1.64. The summed E-state index contributed by atoms with van der Waals surface area (Å²) in [5, 5.41) is 2.78. The van der Waals surface area contributed by atoms with Gasteiger partial charge in [0, 0.05) is 26.6 Å². The highest BCUT2D eigenvalue weighted by molar-refractivity contribution is 7.87. The largest absolute Gasteiger partial charge is 0.350 e. The zero-order chi connectivity index (χ0) is 12.6. The van der Waals surface area contributed by atoms with Crippen LogP contribution in [-0.2, 0) is 15.0 Å². The quantitative estimate of drug-likeness (QED) is 0.704. The predicted octanol–water partition coefficient (Wildman–Crippen LogP) is -0.560. The van der Waals surface area contributed by atoms with Gasteiger partial charge in [0.05, 0.1) is 5.54 Å². The highest BCUT2D eigenvalue weighted by Crippen LogP contribution is 2.20. The molecule has 6 nitrogen and oxygen atoms in total. The number of hydrogen-bond acceptors (Lipinski definition) is 3. The fraction of sp³-hybridized carbons (Fsp3) is 0.889. The molecule has 2 N–H and O–H groups in total. The highest BCUT2D eigenvalue weighted by Gasteiger charge is 2.38. The van der Waals surface area contributed by atoms with E-state index in [-0.39, 0.29) is 11.9 Å². The summed E-state index contributed by atoms with van der Waals surface area (Å²) in [6, 6.07) is -0.280. The minimum Gasteiger partial charge on any atom is -0.350 e. The number of hydrogen-bond donors (Lipinski definition) is 2. The number of carbonyl (C=O) groups is 1. The molecule has 0 unspecified atom stereocenters. The molecule has 1 fully saturated rings.